The maximum atomic E-state index is 11.5. The van der Waals surface area contributed by atoms with E-state index in [2.05, 4.69) is 29.5 Å². The molecule has 0 atom stereocenters. The lowest BCUT2D eigenvalue weighted by Gasteiger charge is -2.10. The third-order valence-electron chi connectivity index (χ3n) is 2.10. The second kappa shape index (κ2) is 6.73. The zero-order valence-corrected chi connectivity index (χ0v) is 11.6. The summed E-state index contributed by atoms with van der Waals surface area (Å²) in [4.78, 5) is 11.5. The molecule has 1 rings (SSSR count). The molecule has 0 unspecified atom stereocenters. The van der Waals surface area contributed by atoms with E-state index in [0.29, 0.717) is 17.9 Å². The van der Waals surface area contributed by atoms with Gasteiger partial charge in [-0.15, -0.1) is 0 Å². The van der Waals surface area contributed by atoms with Crippen molar-refractivity contribution in [1.29, 1.82) is 0 Å². The van der Waals surface area contributed by atoms with Gasteiger partial charge in [-0.2, -0.15) is 0 Å². The number of esters is 1. The fraction of sp³-hybridized carbons (Fsp3) is 0.417. The normalized spacial score (nSPS) is 9.94. The van der Waals surface area contributed by atoms with Crippen molar-refractivity contribution in [3.05, 3.63) is 27.3 Å². The minimum atomic E-state index is -0.356. The van der Waals surface area contributed by atoms with E-state index in [-0.39, 0.29) is 5.97 Å². The fourth-order valence-corrected chi connectivity index (χ4v) is 1.72. The molecule has 88 valence electrons. The molecule has 0 saturated carbocycles. The van der Waals surface area contributed by atoms with Crippen LogP contribution in [-0.4, -0.2) is 19.7 Å². The molecule has 0 N–H and O–H groups in total. The molecule has 0 heterocycles. The zero-order chi connectivity index (χ0) is 12.0. The molecular formula is C12H15IO3. The first-order valence-corrected chi connectivity index (χ1v) is 6.27. The van der Waals surface area contributed by atoms with Gasteiger partial charge in [-0.1, -0.05) is 13.3 Å². The Morgan fingerprint density at radius 1 is 1.44 bits per heavy atom. The minimum absolute atomic E-state index is 0.356. The summed E-state index contributed by atoms with van der Waals surface area (Å²) in [6.45, 7) is 2.72. The summed E-state index contributed by atoms with van der Waals surface area (Å²) in [5, 5.41) is 0. The highest BCUT2D eigenvalue weighted by Crippen LogP contribution is 2.22. The van der Waals surface area contributed by atoms with Crippen molar-refractivity contribution in [2.45, 2.75) is 19.8 Å². The molecule has 0 amide bonds. The Bertz CT molecular complexity index is 363. The molecule has 0 radical (unpaired) electrons. The van der Waals surface area contributed by atoms with E-state index in [4.69, 9.17) is 9.47 Å². The molecular weight excluding hydrogens is 319 g/mol. The van der Waals surface area contributed by atoms with E-state index in [1.54, 1.807) is 6.07 Å². The van der Waals surface area contributed by atoms with Gasteiger partial charge in [0.05, 0.1) is 13.7 Å². The Morgan fingerprint density at radius 3 is 2.81 bits per heavy atom. The molecule has 0 fully saturated rings. The van der Waals surface area contributed by atoms with Gasteiger partial charge in [-0.05, 0) is 47.2 Å². The largest absolute Gasteiger partial charge is 0.493 e. The Labute approximate surface area is 109 Å². The van der Waals surface area contributed by atoms with Gasteiger partial charge in [-0.3, -0.25) is 0 Å². The van der Waals surface area contributed by atoms with Crippen LogP contribution in [0.1, 0.15) is 30.1 Å². The van der Waals surface area contributed by atoms with Crippen molar-refractivity contribution < 1.29 is 14.3 Å². The first kappa shape index (κ1) is 13.3. The maximum Gasteiger partial charge on any atom is 0.341 e. The Balaban J connectivity index is 2.85. The molecule has 0 spiro atoms. The molecule has 0 aliphatic heterocycles. The number of benzene rings is 1. The number of hydrogen-bond acceptors (Lipinski definition) is 3. The summed E-state index contributed by atoms with van der Waals surface area (Å²) in [5.41, 5.74) is 0.491. The number of carbonyl (C=O) groups excluding carboxylic acids is 1. The summed E-state index contributed by atoms with van der Waals surface area (Å²) in [5.74, 6) is 0.241. The molecule has 16 heavy (non-hydrogen) atoms. The molecule has 4 heteroatoms. The van der Waals surface area contributed by atoms with Crippen LogP contribution < -0.4 is 4.74 Å². The highest BCUT2D eigenvalue weighted by atomic mass is 127. The van der Waals surface area contributed by atoms with Crippen molar-refractivity contribution >= 4 is 28.6 Å². The van der Waals surface area contributed by atoms with E-state index >= 15 is 0 Å². The monoisotopic (exact) mass is 334 g/mol. The predicted molar refractivity (Wildman–Crippen MR) is 70.9 cm³/mol. The third-order valence-corrected chi connectivity index (χ3v) is 2.77. The number of carbonyl (C=O) groups is 1. The van der Waals surface area contributed by atoms with Crippen LogP contribution in [0.5, 0.6) is 5.75 Å². The van der Waals surface area contributed by atoms with Crippen LogP contribution in [0.2, 0.25) is 0 Å². The number of methoxy groups -OCH3 is 1. The highest BCUT2D eigenvalue weighted by Gasteiger charge is 2.13. The highest BCUT2D eigenvalue weighted by molar-refractivity contribution is 14.1. The molecule has 0 bridgehead atoms. The van der Waals surface area contributed by atoms with E-state index in [1.165, 1.54) is 7.11 Å². The number of ether oxygens (including phenoxy) is 2. The summed E-state index contributed by atoms with van der Waals surface area (Å²) >= 11 is 2.15. The van der Waals surface area contributed by atoms with Crippen LogP contribution in [0.3, 0.4) is 0 Å². The Hall–Kier alpha value is -0.780. The van der Waals surface area contributed by atoms with Gasteiger partial charge in [0.15, 0.2) is 0 Å². The van der Waals surface area contributed by atoms with E-state index in [0.717, 1.165) is 16.4 Å². The third kappa shape index (κ3) is 3.66. The molecule has 1 aromatic rings. The molecule has 0 saturated heterocycles. The molecule has 3 nitrogen and oxygen atoms in total. The minimum Gasteiger partial charge on any atom is -0.493 e. The maximum absolute atomic E-state index is 11.5. The van der Waals surface area contributed by atoms with E-state index < -0.39 is 0 Å². The Kier molecular flexibility index (Phi) is 5.59. The van der Waals surface area contributed by atoms with Gasteiger partial charge < -0.3 is 9.47 Å². The van der Waals surface area contributed by atoms with Gasteiger partial charge in [0, 0.05) is 3.57 Å². The molecule has 0 aliphatic carbocycles. The quantitative estimate of drug-likeness (QED) is 0.471. The second-order valence-corrected chi connectivity index (χ2v) is 4.58. The van der Waals surface area contributed by atoms with E-state index in [1.807, 2.05) is 12.1 Å². The average molecular weight is 334 g/mol. The standard InChI is InChI=1S/C12H15IO3/c1-3-4-7-16-11-6-5-9(13)8-10(11)12(14)15-2/h5-6,8H,3-4,7H2,1-2H3. The number of rotatable bonds is 5. The first-order valence-electron chi connectivity index (χ1n) is 5.19. The first-order chi connectivity index (χ1) is 7.69. The number of halogens is 1. The lowest BCUT2D eigenvalue weighted by atomic mass is 10.2. The van der Waals surface area contributed by atoms with Crippen molar-refractivity contribution in [3.63, 3.8) is 0 Å². The molecule has 1 aromatic carbocycles. The molecule has 0 aliphatic rings. The van der Waals surface area contributed by atoms with E-state index in [9.17, 15) is 4.79 Å². The van der Waals surface area contributed by atoms with Gasteiger partial charge in [0.25, 0.3) is 0 Å². The lowest BCUT2D eigenvalue weighted by molar-refractivity contribution is 0.0596. The van der Waals surface area contributed by atoms with Crippen LogP contribution in [0.25, 0.3) is 0 Å². The van der Waals surface area contributed by atoms with Crippen LogP contribution in [0, 0.1) is 3.57 Å². The van der Waals surface area contributed by atoms with Crippen molar-refractivity contribution in [2.24, 2.45) is 0 Å². The smallest absolute Gasteiger partial charge is 0.341 e. The summed E-state index contributed by atoms with van der Waals surface area (Å²) in [6, 6.07) is 5.49. The van der Waals surface area contributed by atoms with Crippen molar-refractivity contribution in [2.75, 3.05) is 13.7 Å². The van der Waals surface area contributed by atoms with Crippen LogP contribution in [-0.2, 0) is 4.74 Å². The predicted octanol–water partition coefficient (Wildman–Crippen LogP) is 3.26. The van der Waals surface area contributed by atoms with Crippen LogP contribution >= 0.6 is 22.6 Å². The van der Waals surface area contributed by atoms with Crippen LogP contribution in [0.4, 0.5) is 0 Å². The van der Waals surface area contributed by atoms with Gasteiger partial charge in [-0.25, -0.2) is 4.79 Å². The van der Waals surface area contributed by atoms with Crippen LogP contribution in [0.15, 0.2) is 18.2 Å². The second-order valence-electron chi connectivity index (χ2n) is 3.33. The average Bonchev–Trinajstić information content (AvgIpc) is 2.30. The topological polar surface area (TPSA) is 35.5 Å². The SMILES string of the molecule is CCCCOc1ccc(I)cc1C(=O)OC. The Morgan fingerprint density at radius 2 is 2.19 bits per heavy atom. The lowest BCUT2D eigenvalue weighted by Crippen LogP contribution is -2.07. The summed E-state index contributed by atoms with van der Waals surface area (Å²) in [7, 11) is 1.37. The number of hydrogen-bond donors (Lipinski definition) is 0. The van der Waals surface area contributed by atoms with Gasteiger partial charge in [0.1, 0.15) is 11.3 Å². The van der Waals surface area contributed by atoms with Crippen molar-refractivity contribution in [1.82, 2.24) is 0 Å². The number of unbranched alkanes of at least 4 members (excludes halogenated alkanes) is 1. The van der Waals surface area contributed by atoms with Crippen molar-refractivity contribution in [3.8, 4) is 5.75 Å². The molecule has 0 aromatic heterocycles. The van der Waals surface area contributed by atoms with Gasteiger partial charge in [0.2, 0.25) is 0 Å². The summed E-state index contributed by atoms with van der Waals surface area (Å²) in [6.07, 6.45) is 2.05. The zero-order valence-electron chi connectivity index (χ0n) is 9.46. The summed E-state index contributed by atoms with van der Waals surface area (Å²) < 4.78 is 11.3. The fourth-order valence-electron chi connectivity index (χ4n) is 1.22. The van der Waals surface area contributed by atoms with Gasteiger partial charge >= 0.3 is 5.97 Å².